The molecule has 1 amide bonds. The fraction of sp³-hybridized carbons (Fsp3) is 0.389. The predicted octanol–water partition coefficient (Wildman–Crippen LogP) is 3.34. The minimum Gasteiger partial charge on any atom is -0.369 e. The van der Waals surface area contributed by atoms with E-state index in [1.54, 1.807) is 0 Å². The second-order valence-electron chi connectivity index (χ2n) is 5.89. The van der Waals surface area contributed by atoms with Gasteiger partial charge in [0.05, 0.1) is 4.88 Å². The predicted molar refractivity (Wildman–Crippen MR) is 101 cm³/mol. The lowest BCUT2D eigenvalue weighted by molar-refractivity contribution is 0.0955. The quantitative estimate of drug-likeness (QED) is 0.799. The highest BCUT2D eigenvalue weighted by atomic mass is 35.5. The van der Waals surface area contributed by atoms with E-state index in [9.17, 15) is 4.79 Å². The zero-order valence-corrected chi connectivity index (χ0v) is 15.2. The molecular weight excluding hydrogens is 342 g/mol. The third kappa shape index (κ3) is 4.72. The van der Waals surface area contributed by atoms with Crippen molar-refractivity contribution in [2.24, 2.45) is 0 Å². The molecule has 1 saturated heterocycles. The van der Waals surface area contributed by atoms with Crippen molar-refractivity contribution in [2.45, 2.75) is 6.42 Å². The molecule has 2 aromatic rings. The van der Waals surface area contributed by atoms with E-state index < -0.39 is 0 Å². The average Bonchev–Trinajstić information content (AvgIpc) is 3.15. The largest absolute Gasteiger partial charge is 0.369 e. The van der Waals surface area contributed by atoms with Crippen molar-refractivity contribution in [1.82, 2.24) is 10.2 Å². The van der Waals surface area contributed by atoms with Crippen molar-refractivity contribution < 1.29 is 4.79 Å². The second kappa shape index (κ2) is 8.51. The molecular formula is C18H22ClN3OS. The minimum atomic E-state index is 0.0394. The highest BCUT2D eigenvalue weighted by Gasteiger charge is 2.16. The maximum Gasteiger partial charge on any atom is 0.261 e. The lowest BCUT2D eigenvalue weighted by Crippen LogP contribution is -2.47. The minimum absolute atomic E-state index is 0.0394. The fourth-order valence-corrected chi connectivity index (χ4v) is 3.65. The first-order valence-electron chi connectivity index (χ1n) is 8.27. The Morgan fingerprint density at radius 2 is 1.88 bits per heavy atom. The molecule has 0 radical (unpaired) electrons. The summed E-state index contributed by atoms with van der Waals surface area (Å²) in [5.74, 6) is 0.0394. The molecule has 0 unspecified atom stereocenters. The Hall–Kier alpha value is -1.56. The van der Waals surface area contributed by atoms with Crippen LogP contribution >= 0.6 is 22.9 Å². The molecule has 0 saturated carbocycles. The lowest BCUT2D eigenvalue weighted by Gasteiger charge is -2.36. The van der Waals surface area contributed by atoms with Gasteiger partial charge in [0.1, 0.15) is 0 Å². The Morgan fingerprint density at radius 1 is 1.12 bits per heavy atom. The topological polar surface area (TPSA) is 35.6 Å². The van der Waals surface area contributed by atoms with Gasteiger partial charge in [-0.15, -0.1) is 11.3 Å². The summed E-state index contributed by atoms with van der Waals surface area (Å²) >= 11 is 7.42. The summed E-state index contributed by atoms with van der Waals surface area (Å²) in [6.45, 7) is 5.93. The number of anilines is 1. The van der Waals surface area contributed by atoms with Crippen LogP contribution in [0.1, 0.15) is 16.1 Å². The van der Waals surface area contributed by atoms with Crippen LogP contribution in [0.25, 0.3) is 0 Å². The number of nitrogens with zero attached hydrogens (tertiary/aromatic N) is 2. The number of benzene rings is 1. The lowest BCUT2D eigenvalue weighted by atomic mass is 10.2. The number of thiophene rings is 1. The smallest absolute Gasteiger partial charge is 0.261 e. The third-order valence-corrected chi connectivity index (χ3v) is 5.37. The number of carbonyl (C=O) groups excluding carboxylic acids is 1. The van der Waals surface area contributed by atoms with Crippen LogP contribution < -0.4 is 10.2 Å². The normalized spacial score (nSPS) is 15.5. The van der Waals surface area contributed by atoms with Crippen molar-refractivity contribution in [2.75, 3.05) is 44.2 Å². The maximum atomic E-state index is 11.9. The van der Waals surface area contributed by atoms with Crippen molar-refractivity contribution in [3.8, 4) is 0 Å². The Balaban J connectivity index is 1.34. The van der Waals surface area contributed by atoms with Gasteiger partial charge in [-0.1, -0.05) is 17.7 Å². The van der Waals surface area contributed by atoms with Gasteiger partial charge in [0.25, 0.3) is 5.91 Å². The fourth-order valence-electron chi connectivity index (χ4n) is 2.88. The monoisotopic (exact) mass is 363 g/mol. The zero-order chi connectivity index (χ0) is 16.8. The van der Waals surface area contributed by atoms with E-state index in [0.29, 0.717) is 0 Å². The summed E-state index contributed by atoms with van der Waals surface area (Å²) < 4.78 is 0. The van der Waals surface area contributed by atoms with Crippen LogP contribution in [-0.2, 0) is 0 Å². The molecule has 0 spiro atoms. The van der Waals surface area contributed by atoms with E-state index in [4.69, 9.17) is 11.6 Å². The molecule has 1 N–H and O–H groups in total. The van der Waals surface area contributed by atoms with Crippen LogP contribution in [0.5, 0.6) is 0 Å². The molecule has 1 fully saturated rings. The first-order chi connectivity index (χ1) is 11.7. The number of hydrogen-bond donors (Lipinski definition) is 1. The van der Waals surface area contributed by atoms with Crippen LogP contribution in [0, 0.1) is 0 Å². The Labute approximate surface area is 152 Å². The Morgan fingerprint density at radius 3 is 2.54 bits per heavy atom. The molecule has 3 rings (SSSR count). The van der Waals surface area contributed by atoms with Crippen LogP contribution in [0.4, 0.5) is 5.69 Å². The van der Waals surface area contributed by atoms with Gasteiger partial charge < -0.3 is 10.2 Å². The van der Waals surface area contributed by atoms with E-state index in [-0.39, 0.29) is 5.91 Å². The van der Waals surface area contributed by atoms with Gasteiger partial charge in [-0.05, 0) is 48.7 Å². The van der Waals surface area contributed by atoms with Gasteiger partial charge in [0, 0.05) is 43.4 Å². The number of amides is 1. The summed E-state index contributed by atoms with van der Waals surface area (Å²) in [6.07, 6.45) is 0.984. The summed E-state index contributed by atoms with van der Waals surface area (Å²) in [5, 5.41) is 5.69. The van der Waals surface area contributed by atoms with Gasteiger partial charge >= 0.3 is 0 Å². The van der Waals surface area contributed by atoms with Crippen molar-refractivity contribution in [3.63, 3.8) is 0 Å². The van der Waals surface area contributed by atoms with Gasteiger partial charge in [-0.3, -0.25) is 9.69 Å². The molecule has 0 bridgehead atoms. The molecule has 24 heavy (non-hydrogen) atoms. The number of piperazine rings is 1. The van der Waals surface area contributed by atoms with E-state index in [1.807, 2.05) is 29.6 Å². The van der Waals surface area contributed by atoms with Crippen molar-refractivity contribution in [3.05, 3.63) is 51.7 Å². The standard InChI is InChI=1S/C18H22ClN3OS/c19-15-4-6-16(7-5-15)22-12-10-21(11-13-22)9-2-8-20-18(23)17-3-1-14-24-17/h1,3-7,14H,2,8-13H2,(H,20,23). The highest BCUT2D eigenvalue weighted by Crippen LogP contribution is 2.19. The zero-order valence-electron chi connectivity index (χ0n) is 13.6. The number of halogens is 1. The third-order valence-electron chi connectivity index (χ3n) is 4.25. The molecule has 1 aliphatic rings. The molecule has 1 aromatic heterocycles. The molecule has 1 aromatic carbocycles. The molecule has 4 nitrogen and oxygen atoms in total. The Kier molecular flexibility index (Phi) is 6.12. The molecule has 0 aliphatic carbocycles. The van der Waals surface area contributed by atoms with Crippen LogP contribution in [-0.4, -0.2) is 50.1 Å². The van der Waals surface area contributed by atoms with E-state index in [2.05, 4.69) is 27.2 Å². The Bertz CT molecular complexity index is 637. The average molecular weight is 364 g/mol. The first-order valence-corrected chi connectivity index (χ1v) is 9.53. The van der Waals surface area contributed by atoms with Crippen molar-refractivity contribution >= 4 is 34.5 Å². The second-order valence-corrected chi connectivity index (χ2v) is 7.28. The number of carbonyl (C=O) groups is 1. The van der Waals surface area contributed by atoms with Crippen LogP contribution in [0.2, 0.25) is 5.02 Å². The summed E-state index contributed by atoms with van der Waals surface area (Å²) in [4.78, 5) is 17.5. The number of nitrogens with one attached hydrogen (secondary N) is 1. The van der Waals surface area contributed by atoms with Gasteiger partial charge in [-0.25, -0.2) is 0 Å². The maximum absolute atomic E-state index is 11.9. The number of rotatable bonds is 6. The van der Waals surface area contributed by atoms with Crippen LogP contribution in [0.15, 0.2) is 41.8 Å². The summed E-state index contributed by atoms with van der Waals surface area (Å²) in [6, 6.07) is 11.8. The van der Waals surface area contributed by atoms with Gasteiger partial charge in [0.15, 0.2) is 0 Å². The van der Waals surface area contributed by atoms with Crippen molar-refractivity contribution in [1.29, 1.82) is 0 Å². The molecule has 128 valence electrons. The van der Waals surface area contributed by atoms with Gasteiger partial charge in [0.2, 0.25) is 0 Å². The number of hydrogen-bond acceptors (Lipinski definition) is 4. The molecule has 2 heterocycles. The summed E-state index contributed by atoms with van der Waals surface area (Å²) in [7, 11) is 0. The first kappa shape index (κ1) is 17.3. The van der Waals surface area contributed by atoms with Crippen LogP contribution in [0.3, 0.4) is 0 Å². The van der Waals surface area contributed by atoms with E-state index in [1.165, 1.54) is 17.0 Å². The molecule has 6 heteroatoms. The molecule has 1 aliphatic heterocycles. The SMILES string of the molecule is O=C(NCCCN1CCN(c2ccc(Cl)cc2)CC1)c1cccs1. The molecule has 0 atom stereocenters. The summed E-state index contributed by atoms with van der Waals surface area (Å²) in [5.41, 5.74) is 1.24. The highest BCUT2D eigenvalue weighted by molar-refractivity contribution is 7.12. The van der Waals surface area contributed by atoms with Gasteiger partial charge in [-0.2, -0.15) is 0 Å². The van der Waals surface area contributed by atoms with E-state index in [0.717, 1.165) is 55.6 Å². The van der Waals surface area contributed by atoms with E-state index >= 15 is 0 Å².